The maximum Gasteiger partial charge on any atom is 0.410 e. The lowest BCUT2D eigenvalue weighted by Crippen LogP contribution is -2.47. The number of ketones is 1. The molecule has 1 aromatic heterocycles. The topological polar surface area (TPSA) is 72.4 Å². The van der Waals surface area contributed by atoms with Gasteiger partial charge in [-0.25, -0.2) is 9.78 Å². The first-order chi connectivity index (χ1) is 10.4. The standard InChI is InChI=1S/C16H23N3O3/c1-16(2,3)22-15(21)19-9-5-4-6-12(19)10-14(20)13-11-17-7-8-18-13/h7-8,11-12H,4-6,9-10H2,1-3H3. The Balaban J connectivity index is 2.04. The van der Waals surface area contributed by atoms with Crippen molar-refractivity contribution in [2.75, 3.05) is 6.54 Å². The number of aromatic nitrogens is 2. The number of carbonyl (C=O) groups is 2. The van der Waals surface area contributed by atoms with Crippen LogP contribution in [0.1, 0.15) is 56.9 Å². The number of carbonyl (C=O) groups excluding carboxylic acids is 2. The summed E-state index contributed by atoms with van der Waals surface area (Å²) in [6.07, 6.45) is 7.17. The first-order valence-electron chi connectivity index (χ1n) is 7.65. The second-order valence-corrected chi connectivity index (χ2v) is 6.54. The van der Waals surface area contributed by atoms with Crippen molar-refractivity contribution in [1.29, 1.82) is 0 Å². The Bertz CT molecular complexity index is 525. The molecule has 2 heterocycles. The molecule has 1 unspecified atom stereocenters. The first-order valence-corrected chi connectivity index (χ1v) is 7.65. The molecule has 0 radical (unpaired) electrons. The molecular weight excluding hydrogens is 282 g/mol. The van der Waals surface area contributed by atoms with Crippen LogP contribution < -0.4 is 0 Å². The minimum atomic E-state index is -0.534. The van der Waals surface area contributed by atoms with Gasteiger partial charge in [-0.1, -0.05) is 0 Å². The van der Waals surface area contributed by atoms with Crippen LogP contribution in [0.25, 0.3) is 0 Å². The molecule has 1 amide bonds. The molecule has 0 saturated carbocycles. The highest BCUT2D eigenvalue weighted by molar-refractivity contribution is 5.94. The molecule has 6 nitrogen and oxygen atoms in total. The molecule has 1 aliphatic heterocycles. The van der Waals surface area contributed by atoms with Gasteiger partial charge < -0.3 is 9.64 Å². The molecule has 6 heteroatoms. The van der Waals surface area contributed by atoms with E-state index < -0.39 is 5.60 Å². The van der Waals surface area contributed by atoms with Crippen LogP contribution in [0.2, 0.25) is 0 Å². The van der Waals surface area contributed by atoms with Gasteiger partial charge in [0.2, 0.25) is 0 Å². The van der Waals surface area contributed by atoms with Crippen LogP contribution >= 0.6 is 0 Å². The highest BCUT2D eigenvalue weighted by Crippen LogP contribution is 2.23. The summed E-state index contributed by atoms with van der Waals surface area (Å²) in [4.78, 5) is 34.2. The predicted molar refractivity (Wildman–Crippen MR) is 81.6 cm³/mol. The largest absolute Gasteiger partial charge is 0.444 e. The molecule has 0 spiro atoms. The van der Waals surface area contributed by atoms with E-state index in [1.54, 1.807) is 4.90 Å². The SMILES string of the molecule is CC(C)(C)OC(=O)N1CCCCC1CC(=O)c1cnccn1. The summed E-state index contributed by atoms with van der Waals surface area (Å²) >= 11 is 0. The fourth-order valence-electron chi connectivity index (χ4n) is 2.54. The van der Waals surface area contributed by atoms with Crippen LogP contribution in [0.3, 0.4) is 0 Å². The highest BCUT2D eigenvalue weighted by atomic mass is 16.6. The first kappa shape index (κ1) is 16.4. The van der Waals surface area contributed by atoms with E-state index >= 15 is 0 Å². The van der Waals surface area contributed by atoms with Gasteiger partial charge in [-0.05, 0) is 40.0 Å². The molecule has 0 aromatic carbocycles. The lowest BCUT2D eigenvalue weighted by molar-refractivity contribution is 0.00944. The van der Waals surface area contributed by atoms with Crippen LogP contribution in [-0.4, -0.2) is 44.9 Å². The Kier molecular flexibility index (Phi) is 5.11. The average Bonchev–Trinajstić information content (AvgIpc) is 2.47. The Morgan fingerprint density at radius 1 is 1.32 bits per heavy atom. The number of nitrogens with zero attached hydrogens (tertiary/aromatic N) is 3. The van der Waals surface area contributed by atoms with E-state index in [0.717, 1.165) is 19.3 Å². The summed E-state index contributed by atoms with van der Waals surface area (Å²) in [6.45, 7) is 6.16. The molecule has 1 atom stereocenters. The summed E-state index contributed by atoms with van der Waals surface area (Å²) in [7, 11) is 0. The van der Waals surface area contributed by atoms with E-state index in [9.17, 15) is 9.59 Å². The smallest absolute Gasteiger partial charge is 0.410 e. The van der Waals surface area contributed by atoms with Crippen molar-refractivity contribution in [3.05, 3.63) is 24.3 Å². The average molecular weight is 305 g/mol. The summed E-state index contributed by atoms with van der Waals surface area (Å²) in [5, 5.41) is 0. The lowest BCUT2D eigenvalue weighted by atomic mass is 9.97. The lowest BCUT2D eigenvalue weighted by Gasteiger charge is -2.36. The zero-order chi connectivity index (χ0) is 16.2. The molecule has 1 saturated heterocycles. The van der Waals surface area contributed by atoms with E-state index in [0.29, 0.717) is 12.2 Å². The molecule has 1 aromatic rings. The minimum absolute atomic E-state index is 0.0893. The van der Waals surface area contributed by atoms with Gasteiger partial charge in [0.05, 0.1) is 6.20 Å². The quantitative estimate of drug-likeness (QED) is 0.803. The molecule has 1 aliphatic rings. The van der Waals surface area contributed by atoms with E-state index in [1.165, 1.54) is 18.6 Å². The van der Waals surface area contributed by atoms with Crippen LogP contribution in [-0.2, 0) is 4.74 Å². The van der Waals surface area contributed by atoms with Gasteiger partial charge in [-0.2, -0.15) is 0 Å². The normalized spacial score (nSPS) is 18.9. The van der Waals surface area contributed by atoms with Gasteiger partial charge in [0, 0.05) is 31.4 Å². The third kappa shape index (κ3) is 4.51. The van der Waals surface area contributed by atoms with Crippen molar-refractivity contribution in [2.45, 2.75) is 58.1 Å². The Morgan fingerprint density at radius 2 is 2.09 bits per heavy atom. The van der Waals surface area contributed by atoms with Gasteiger partial charge in [0.15, 0.2) is 5.78 Å². The number of rotatable bonds is 3. The van der Waals surface area contributed by atoms with Crippen LogP contribution in [0.4, 0.5) is 4.79 Å². The van der Waals surface area contributed by atoms with Crippen molar-refractivity contribution >= 4 is 11.9 Å². The number of amides is 1. The van der Waals surface area contributed by atoms with Gasteiger partial charge in [-0.15, -0.1) is 0 Å². The summed E-state index contributed by atoms with van der Waals surface area (Å²) in [6, 6.07) is -0.127. The van der Waals surface area contributed by atoms with Crippen molar-refractivity contribution in [3.8, 4) is 0 Å². The number of Topliss-reactive ketones (excluding diaryl/α,β-unsaturated/α-hetero) is 1. The maximum atomic E-state index is 12.3. The van der Waals surface area contributed by atoms with Crippen molar-refractivity contribution < 1.29 is 14.3 Å². The van der Waals surface area contributed by atoms with Crippen molar-refractivity contribution in [2.24, 2.45) is 0 Å². The molecule has 0 bridgehead atoms. The molecule has 1 fully saturated rings. The number of piperidine rings is 1. The molecule has 22 heavy (non-hydrogen) atoms. The van der Waals surface area contributed by atoms with Crippen molar-refractivity contribution in [1.82, 2.24) is 14.9 Å². The van der Waals surface area contributed by atoms with Crippen LogP contribution in [0.5, 0.6) is 0 Å². The van der Waals surface area contributed by atoms with Gasteiger partial charge in [0.25, 0.3) is 0 Å². The monoisotopic (exact) mass is 305 g/mol. The predicted octanol–water partition coefficient (Wildman–Crippen LogP) is 2.84. The summed E-state index contributed by atoms with van der Waals surface area (Å²) in [5.41, 5.74) is -0.189. The number of hydrogen-bond donors (Lipinski definition) is 0. The number of hydrogen-bond acceptors (Lipinski definition) is 5. The molecule has 0 aliphatic carbocycles. The molecular formula is C16H23N3O3. The summed E-state index contributed by atoms with van der Waals surface area (Å²) < 4.78 is 5.44. The highest BCUT2D eigenvalue weighted by Gasteiger charge is 2.32. The zero-order valence-electron chi connectivity index (χ0n) is 13.4. The second kappa shape index (κ2) is 6.85. The van der Waals surface area contributed by atoms with Gasteiger partial charge >= 0.3 is 6.09 Å². The molecule has 0 N–H and O–H groups in total. The van der Waals surface area contributed by atoms with Crippen LogP contribution in [0, 0.1) is 0 Å². The van der Waals surface area contributed by atoms with E-state index in [1.807, 2.05) is 20.8 Å². The second-order valence-electron chi connectivity index (χ2n) is 6.54. The third-order valence-corrected chi connectivity index (χ3v) is 3.53. The Labute approximate surface area is 130 Å². The minimum Gasteiger partial charge on any atom is -0.444 e. The molecule has 120 valence electrons. The van der Waals surface area contributed by atoms with E-state index in [2.05, 4.69) is 9.97 Å². The fraction of sp³-hybridized carbons (Fsp3) is 0.625. The fourth-order valence-corrected chi connectivity index (χ4v) is 2.54. The van der Waals surface area contributed by atoms with Gasteiger partial charge in [0.1, 0.15) is 11.3 Å². The number of ether oxygens (including phenoxy) is 1. The number of likely N-dealkylation sites (tertiary alicyclic amines) is 1. The van der Waals surface area contributed by atoms with E-state index in [-0.39, 0.29) is 24.3 Å². The summed E-state index contributed by atoms with van der Waals surface area (Å²) in [5.74, 6) is -0.0893. The Hall–Kier alpha value is -1.98. The van der Waals surface area contributed by atoms with Crippen molar-refractivity contribution in [3.63, 3.8) is 0 Å². The molecule has 2 rings (SSSR count). The van der Waals surface area contributed by atoms with Crippen LogP contribution in [0.15, 0.2) is 18.6 Å². The van der Waals surface area contributed by atoms with E-state index in [4.69, 9.17) is 4.74 Å². The van der Waals surface area contributed by atoms with Gasteiger partial charge in [-0.3, -0.25) is 9.78 Å². The maximum absolute atomic E-state index is 12.3. The Morgan fingerprint density at radius 3 is 2.73 bits per heavy atom. The zero-order valence-corrected chi connectivity index (χ0v) is 13.4. The third-order valence-electron chi connectivity index (χ3n) is 3.53.